The lowest BCUT2D eigenvalue weighted by molar-refractivity contribution is -0.870. The largest absolute Gasteiger partial charge is 0.472 e. The summed E-state index contributed by atoms with van der Waals surface area (Å²) in [6, 6.07) is 0. The number of phosphoric acid groups is 1. The quantitative estimate of drug-likeness (QED) is 0.0211. The van der Waals surface area contributed by atoms with Crippen LogP contribution in [0, 0.1) is 0 Å². The second kappa shape index (κ2) is 51.4. The van der Waals surface area contributed by atoms with Crippen molar-refractivity contribution in [1.29, 1.82) is 0 Å². The van der Waals surface area contributed by atoms with E-state index in [-0.39, 0.29) is 32.0 Å². The highest BCUT2D eigenvalue weighted by Crippen LogP contribution is 2.43. The summed E-state index contributed by atoms with van der Waals surface area (Å²) in [5, 5.41) is 0. The van der Waals surface area contributed by atoms with Gasteiger partial charge in [0.2, 0.25) is 0 Å². The number of esters is 2. The molecule has 406 valence electrons. The molecule has 2 atom stereocenters. The topological polar surface area (TPSA) is 108 Å². The molecule has 0 heterocycles. The van der Waals surface area contributed by atoms with Crippen molar-refractivity contribution in [3.8, 4) is 0 Å². The molecule has 10 heteroatoms. The third-order valence-corrected chi connectivity index (χ3v) is 13.2. The van der Waals surface area contributed by atoms with Gasteiger partial charge >= 0.3 is 19.8 Å². The molecular weight excluding hydrogens is 894 g/mol. The molecule has 0 aromatic heterocycles. The summed E-state index contributed by atoms with van der Waals surface area (Å²) in [6.45, 7) is 4.40. The fraction of sp³-hybridized carbons (Fsp3) is 0.767. The Morgan fingerprint density at radius 3 is 1.14 bits per heavy atom. The number of allylic oxidation sites excluding steroid dienone is 12. The van der Waals surface area contributed by atoms with Gasteiger partial charge in [-0.3, -0.25) is 18.6 Å². The van der Waals surface area contributed by atoms with Gasteiger partial charge in [-0.2, -0.15) is 0 Å². The van der Waals surface area contributed by atoms with Crippen molar-refractivity contribution in [1.82, 2.24) is 0 Å². The number of hydrogen-bond acceptors (Lipinski definition) is 7. The van der Waals surface area contributed by atoms with E-state index in [1.54, 1.807) is 0 Å². The SMILES string of the molecule is CCCCCCC/C=C\C/C=C\C/C=C\CCCCCCCCCCC(=O)OCC(COP(=O)(O)OCC[N+](C)(C)C)OC(=O)CCCCCCCCCC/C=C\C/C=C\C/C=C\CCCCCCC. The summed E-state index contributed by atoms with van der Waals surface area (Å²) < 4.78 is 34.5. The molecule has 2 unspecified atom stereocenters. The molecule has 0 amide bonds. The van der Waals surface area contributed by atoms with E-state index < -0.39 is 26.5 Å². The zero-order valence-electron chi connectivity index (χ0n) is 46.0. The Balaban J connectivity index is 4.24. The molecule has 1 N–H and O–H groups in total. The van der Waals surface area contributed by atoms with Crippen molar-refractivity contribution < 1.29 is 42.1 Å². The summed E-state index contributed by atoms with van der Waals surface area (Å²) >= 11 is 0. The number of quaternary nitrogens is 1. The molecule has 0 aromatic rings. The lowest BCUT2D eigenvalue weighted by atomic mass is 10.1. The minimum atomic E-state index is -4.39. The minimum Gasteiger partial charge on any atom is -0.462 e. The zero-order valence-corrected chi connectivity index (χ0v) is 46.9. The Labute approximate surface area is 431 Å². The van der Waals surface area contributed by atoms with Crippen LogP contribution in [0.25, 0.3) is 0 Å². The molecule has 0 bridgehead atoms. The van der Waals surface area contributed by atoms with Crippen molar-refractivity contribution in [2.75, 3.05) is 47.5 Å². The van der Waals surface area contributed by atoms with Crippen LogP contribution >= 0.6 is 7.82 Å². The molecule has 0 aromatic carbocycles. The smallest absolute Gasteiger partial charge is 0.462 e. The molecule has 0 radical (unpaired) electrons. The molecule has 0 aliphatic heterocycles. The Morgan fingerprint density at radius 1 is 0.443 bits per heavy atom. The monoisotopic (exact) mass is 1000 g/mol. The van der Waals surface area contributed by atoms with E-state index in [0.717, 1.165) is 83.5 Å². The molecular formula is C60H109NO8P+. The summed E-state index contributed by atoms with van der Waals surface area (Å²) in [7, 11) is 1.46. The van der Waals surface area contributed by atoms with E-state index >= 15 is 0 Å². The van der Waals surface area contributed by atoms with Crippen LogP contribution in [0.3, 0.4) is 0 Å². The molecule has 0 fully saturated rings. The van der Waals surface area contributed by atoms with E-state index in [2.05, 4.69) is 86.8 Å². The summed E-state index contributed by atoms with van der Waals surface area (Å²) in [4.78, 5) is 35.7. The first-order chi connectivity index (χ1) is 34.0. The molecule has 0 spiro atoms. The first-order valence-corrected chi connectivity index (χ1v) is 30.2. The van der Waals surface area contributed by atoms with Gasteiger partial charge in [-0.25, -0.2) is 4.57 Å². The molecule has 9 nitrogen and oxygen atoms in total. The third kappa shape index (κ3) is 54.8. The van der Waals surface area contributed by atoms with E-state index in [1.165, 1.54) is 128 Å². The number of nitrogens with zero attached hydrogens (tertiary/aromatic N) is 1. The number of ether oxygens (including phenoxy) is 2. The maximum Gasteiger partial charge on any atom is 0.472 e. The fourth-order valence-electron chi connectivity index (χ4n) is 7.74. The fourth-order valence-corrected chi connectivity index (χ4v) is 8.48. The highest BCUT2D eigenvalue weighted by Gasteiger charge is 2.27. The summed E-state index contributed by atoms with van der Waals surface area (Å²) in [6.07, 6.45) is 66.7. The van der Waals surface area contributed by atoms with Crippen molar-refractivity contribution in [3.05, 3.63) is 72.9 Å². The first-order valence-electron chi connectivity index (χ1n) is 28.7. The van der Waals surface area contributed by atoms with Gasteiger partial charge in [0.1, 0.15) is 19.8 Å². The molecule has 70 heavy (non-hydrogen) atoms. The standard InChI is InChI=1S/C60H108NO8P/c1-6-8-10-12-14-16-18-20-22-24-26-28-30-32-34-36-38-40-42-44-46-48-50-52-59(62)66-56-58(57-68-70(64,65)67-55-54-61(3,4)5)69-60(63)53-51-49-47-45-43-41-39-37-35-33-31-29-27-25-23-21-19-17-15-13-11-9-7-2/h18-21,24-27,30-33,58H,6-17,22-23,28-29,34-57H2,1-5H3/p+1/b20-18-,21-19-,26-24-,27-25-,32-30-,33-31-. The number of unbranched alkanes of at least 4 members (excludes halogenated alkanes) is 26. The van der Waals surface area contributed by atoms with E-state index in [9.17, 15) is 19.0 Å². The highest BCUT2D eigenvalue weighted by molar-refractivity contribution is 7.47. The predicted octanol–water partition coefficient (Wildman–Crippen LogP) is 17.7. The van der Waals surface area contributed by atoms with Gasteiger partial charge in [-0.05, 0) is 89.9 Å². The number of hydrogen-bond donors (Lipinski definition) is 1. The van der Waals surface area contributed by atoms with Gasteiger partial charge in [-0.15, -0.1) is 0 Å². The minimum absolute atomic E-state index is 0.0257. The summed E-state index contributed by atoms with van der Waals surface area (Å²) in [5.74, 6) is -0.813. The van der Waals surface area contributed by atoms with Gasteiger partial charge in [0.25, 0.3) is 0 Å². The number of likely N-dealkylation sites (N-methyl/N-ethyl adjacent to an activating group) is 1. The maximum absolute atomic E-state index is 12.8. The number of carbonyl (C=O) groups is 2. The average molecular weight is 1000 g/mol. The second-order valence-electron chi connectivity index (χ2n) is 20.3. The number of carbonyl (C=O) groups excluding carboxylic acids is 2. The average Bonchev–Trinajstić information content (AvgIpc) is 3.32. The predicted molar refractivity (Wildman–Crippen MR) is 298 cm³/mol. The van der Waals surface area contributed by atoms with Crippen LogP contribution in [-0.4, -0.2) is 74.9 Å². The molecule has 0 saturated heterocycles. The van der Waals surface area contributed by atoms with Crippen LogP contribution in [0.4, 0.5) is 0 Å². The lowest BCUT2D eigenvalue weighted by Crippen LogP contribution is -2.37. The van der Waals surface area contributed by atoms with Crippen molar-refractivity contribution in [2.24, 2.45) is 0 Å². The molecule has 0 saturated carbocycles. The van der Waals surface area contributed by atoms with Gasteiger partial charge in [0, 0.05) is 12.8 Å². The van der Waals surface area contributed by atoms with E-state index in [1.807, 2.05) is 21.1 Å². The van der Waals surface area contributed by atoms with Crippen LogP contribution in [-0.2, 0) is 32.7 Å². The Hall–Kier alpha value is -2.55. The molecule has 0 aliphatic rings. The number of phosphoric ester groups is 1. The Bertz CT molecular complexity index is 1410. The van der Waals surface area contributed by atoms with Crippen LogP contribution in [0.5, 0.6) is 0 Å². The first kappa shape index (κ1) is 67.5. The third-order valence-electron chi connectivity index (χ3n) is 12.2. The van der Waals surface area contributed by atoms with Crippen molar-refractivity contribution >= 4 is 19.8 Å². The van der Waals surface area contributed by atoms with Gasteiger partial charge in [-0.1, -0.05) is 215 Å². The molecule has 0 aliphatic carbocycles. The Morgan fingerprint density at radius 2 is 0.771 bits per heavy atom. The van der Waals surface area contributed by atoms with Crippen molar-refractivity contribution in [3.63, 3.8) is 0 Å². The number of rotatable bonds is 52. The van der Waals surface area contributed by atoms with Crippen LogP contribution in [0.15, 0.2) is 72.9 Å². The van der Waals surface area contributed by atoms with Crippen LogP contribution in [0.1, 0.15) is 245 Å². The van der Waals surface area contributed by atoms with E-state index in [0.29, 0.717) is 17.4 Å². The van der Waals surface area contributed by atoms with Gasteiger partial charge in [0.05, 0.1) is 27.7 Å². The highest BCUT2D eigenvalue weighted by atomic mass is 31.2. The van der Waals surface area contributed by atoms with Crippen molar-refractivity contribution in [2.45, 2.75) is 251 Å². The Kier molecular flexibility index (Phi) is 49.5. The summed E-state index contributed by atoms with van der Waals surface area (Å²) in [5.41, 5.74) is 0. The lowest BCUT2D eigenvalue weighted by Gasteiger charge is -2.24. The van der Waals surface area contributed by atoms with Crippen LogP contribution in [0.2, 0.25) is 0 Å². The molecule has 0 rings (SSSR count). The van der Waals surface area contributed by atoms with Gasteiger partial charge < -0.3 is 18.9 Å². The zero-order chi connectivity index (χ0) is 51.3. The van der Waals surface area contributed by atoms with Gasteiger partial charge in [0.15, 0.2) is 6.10 Å². The second-order valence-corrected chi connectivity index (χ2v) is 21.8. The van der Waals surface area contributed by atoms with E-state index in [4.69, 9.17) is 18.5 Å². The normalized spacial score (nSPS) is 13.9. The van der Waals surface area contributed by atoms with Crippen LogP contribution < -0.4 is 0 Å². The maximum atomic E-state index is 12.8.